The maximum atomic E-state index is 11.3. The molecule has 0 aliphatic heterocycles. The van der Waals surface area contributed by atoms with Gasteiger partial charge in [-0.05, 0) is 30.4 Å². The Morgan fingerprint density at radius 2 is 2.22 bits per heavy atom. The van der Waals surface area contributed by atoms with Crippen molar-refractivity contribution < 1.29 is 9.53 Å². The SMILES string of the molecule is CC(=O)/C(C#N)=C/Cc1c[nH]c2ncc(OCC(C)(C)C)cc12. The Hall–Kier alpha value is -2.61. The molecule has 0 atom stereocenters. The lowest BCUT2D eigenvalue weighted by Crippen LogP contribution is -2.16. The summed E-state index contributed by atoms with van der Waals surface area (Å²) in [6.07, 6.45) is 5.68. The number of fused-ring (bicyclic) bond motifs is 1. The molecule has 2 aromatic heterocycles. The Kier molecular flexibility index (Phi) is 4.85. The number of nitriles is 1. The highest BCUT2D eigenvalue weighted by molar-refractivity contribution is 5.97. The van der Waals surface area contributed by atoms with E-state index in [0.717, 1.165) is 16.6 Å². The van der Waals surface area contributed by atoms with Gasteiger partial charge in [0.1, 0.15) is 17.5 Å². The van der Waals surface area contributed by atoms with E-state index in [9.17, 15) is 4.79 Å². The Labute approximate surface area is 136 Å². The maximum absolute atomic E-state index is 11.3. The lowest BCUT2D eigenvalue weighted by atomic mass is 9.99. The van der Waals surface area contributed by atoms with Gasteiger partial charge in [0.15, 0.2) is 5.78 Å². The van der Waals surface area contributed by atoms with Gasteiger partial charge in [0.05, 0.1) is 18.4 Å². The van der Waals surface area contributed by atoms with Gasteiger partial charge in [-0.2, -0.15) is 5.26 Å². The Bertz CT molecular complexity index is 789. The largest absolute Gasteiger partial charge is 0.491 e. The number of hydrogen-bond donors (Lipinski definition) is 1. The molecule has 23 heavy (non-hydrogen) atoms. The van der Waals surface area contributed by atoms with Crippen LogP contribution < -0.4 is 4.74 Å². The Morgan fingerprint density at radius 3 is 2.83 bits per heavy atom. The zero-order chi connectivity index (χ0) is 17.0. The van der Waals surface area contributed by atoms with Crippen LogP contribution in [0.5, 0.6) is 5.75 Å². The number of hydrogen-bond acceptors (Lipinski definition) is 4. The number of carbonyl (C=O) groups is 1. The summed E-state index contributed by atoms with van der Waals surface area (Å²) in [6, 6.07) is 3.86. The topological polar surface area (TPSA) is 78.8 Å². The number of nitrogens with one attached hydrogen (secondary N) is 1. The van der Waals surface area contributed by atoms with Crippen LogP contribution in [0.4, 0.5) is 0 Å². The first kappa shape index (κ1) is 16.8. The average Bonchev–Trinajstić information content (AvgIpc) is 2.87. The van der Waals surface area contributed by atoms with Crippen LogP contribution in [0.25, 0.3) is 11.0 Å². The van der Waals surface area contributed by atoms with Gasteiger partial charge in [0, 0.05) is 11.6 Å². The summed E-state index contributed by atoms with van der Waals surface area (Å²) in [5, 5.41) is 9.89. The molecule has 2 heterocycles. The van der Waals surface area contributed by atoms with Crippen molar-refractivity contribution in [3.8, 4) is 11.8 Å². The molecule has 0 unspecified atom stereocenters. The monoisotopic (exact) mass is 311 g/mol. The molecule has 5 nitrogen and oxygen atoms in total. The Balaban J connectivity index is 2.25. The van der Waals surface area contributed by atoms with Gasteiger partial charge >= 0.3 is 0 Å². The molecule has 5 heteroatoms. The van der Waals surface area contributed by atoms with Crippen molar-refractivity contribution in [2.75, 3.05) is 6.61 Å². The number of allylic oxidation sites excluding steroid dienone is 2. The van der Waals surface area contributed by atoms with Crippen molar-refractivity contribution in [2.45, 2.75) is 34.1 Å². The fraction of sp³-hybridized carbons (Fsp3) is 0.389. The third-order valence-corrected chi connectivity index (χ3v) is 3.29. The third-order valence-electron chi connectivity index (χ3n) is 3.29. The first-order valence-electron chi connectivity index (χ1n) is 7.50. The fourth-order valence-electron chi connectivity index (χ4n) is 2.07. The maximum Gasteiger partial charge on any atom is 0.169 e. The highest BCUT2D eigenvalue weighted by Gasteiger charge is 2.12. The normalized spacial score (nSPS) is 12.2. The molecule has 0 spiro atoms. The van der Waals surface area contributed by atoms with Crippen LogP contribution in [0, 0.1) is 16.7 Å². The molecule has 0 aliphatic carbocycles. The average molecular weight is 311 g/mol. The van der Waals surface area contributed by atoms with Gasteiger partial charge in [0.25, 0.3) is 0 Å². The highest BCUT2D eigenvalue weighted by Crippen LogP contribution is 2.24. The van der Waals surface area contributed by atoms with Gasteiger partial charge in [-0.15, -0.1) is 0 Å². The van der Waals surface area contributed by atoms with Crippen LogP contribution in [-0.4, -0.2) is 22.4 Å². The van der Waals surface area contributed by atoms with E-state index in [0.29, 0.717) is 18.8 Å². The van der Waals surface area contributed by atoms with E-state index in [1.807, 2.05) is 18.3 Å². The first-order chi connectivity index (χ1) is 10.8. The van der Waals surface area contributed by atoms with Crippen LogP contribution in [0.3, 0.4) is 0 Å². The summed E-state index contributed by atoms with van der Waals surface area (Å²) in [5.74, 6) is 0.490. The molecule has 0 fully saturated rings. The molecule has 0 saturated heterocycles. The number of Topliss-reactive ketones (excluding diaryl/α,β-unsaturated/α-hetero) is 1. The number of ether oxygens (including phenoxy) is 1. The van der Waals surface area contributed by atoms with Crippen molar-refractivity contribution in [1.29, 1.82) is 5.26 Å². The lowest BCUT2D eigenvalue weighted by Gasteiger charge is -2.18. The van der Waals surface area contributed by atoms with E-state index in [1.54, 1.807) is 12.3 Å². The van der Waals surface area contributed by atoms with Crippen molar-refractivity contribution >= 4 is 16.8 Å². The standard InChI is InChI=1S/C18H21N3O2/c1-12(22)13(8-19)5-6-14-9-20-17-16(14)7-15(10-21-17)23-11-18(2,3)4/h5,7,9-10H,6,11H2,1-4H3,(H,20,21)/b13-5+. The van der Waals surface area contributed by atoms with Crippen molar-refractivity contribution in [1.82, 2.24) is 9.97 Å². The van der Waals surface area contributed by atoms with Gasteiger partial charge in [-0.3, -0.25) is 4.79 Å². The smallest absolute Gasteiger partial charge is 0.169 e. The van der Waals surface area contributed by atoms with Crippen LogP contribution in [0.15, 0.2) is 30.1 Å². The second-order valence-corrected chi connectivity index (χ2v) is 6.72. The van der Waals surface area contributed by atoms with E-state index in [2.05, 4.69) is 30.7 Å². The molecule has 0 bridgehead atoms. The molecule has 0 amide bonds. The van der Waals surface area contributed by atoms with E-state index < -0.39 is 0 Å². The Morgan fingerprint density at radius 1 is 1.48 bits per heavy atom. The summed E-state index contributed by atoms with van der Waals surface area (Å²) >= 11 is 0. The number of rotatable bonds is 5. The quantitative estimate of drug-likeness (QED) is 0.676. The molecule has 120 valence electrons. The van der Waals surface area contributed by atoms with Crippen molar-refractivity contribution in [3.05, 3.63) is 35.7 Å². The summed E-state index contributed by atoms with van der Waals surface area (Å²) in [5.41, 5.74) is 1.98. The molecule has 1 N–H and O–H groups in total. The summed E-state index contributed by atoms with van der Waals surface area (Å²) < 4.78 is 5.79. The summed E-state index contributed by atoms with van der Waals surface area (Å²) in [4.78, 5) is 18.7. The number of H-pyrrole nitrogens is 1. The minimum absolute atomic E-state index is 0.0713. The number of aromatic nitrogens is 2. The zero-order valence-electron chi connectivity index (χ0n) is 13.9. The van der Waals surface area contributed by atoms with Crippen molar-refractivity contribution in [2.24, 2.45) is 5.41 Å². The van der Waals surface area contributed by atoms with Crippen molar-refractivity contribution in [3.63, 3.8) is 0 Å². The van der Waals surface area contributed by atoms with Gasteiger partial charge in [0.2, 0.25) is 0 Å². The molecule has 0 saturated carbocycles. The molecular weight excluding hydrogens is 290 g/mol. The molecule has 0 radical (unpaired) electrons. The molecule has 2 rings (SSSR count). The molecule has 2 aromatic rings. The molecular formula is C18H21N3O2. The number of carbonyl (C=O) groups excluding carboxylic acids is 1. The van der Waals surface area contributed by atoms with Crippen LogP contribution >= 0.6 is 0 Å². The van der Waals surface area contributed by atoms with Crippen LogP contribution in [0.1, 0.15) is 33.3 Å². The first-order valence-corrected chi connectivity index (χ1v) is 7.50. The predicted molar refractivity (Wildman–Crippen MR) is 89.1 cm³/mol. The minimum Gasteiger partial charge on any atom is -0.491 e. The predicted octanol–water partition coefficient (Wildman–Crippen LogP) is 3.57. The summed E-state index contributed by atoms with van der Waals surface area (Å²) in [6.45, 7) is 8.32. The number of ketones is 1. The minimum atomic E-state index is -0.223. The van der Waals surface area contributed by atoms with Gasteiger partial charge < -0.3 is 9.72 Å². The molecule has 0 aromatic carbocycles. The second kappa shape index (κ2) is 6.66. The van der Waals surface area contributed by atoms with E-state index in [-0.39, 0.29) is 16.8 Å². The van der Waals surface area contributed by atoms with Crippen LogP contribution in [-0.2, 0) is 11.2 Å². The third kappa shape index (κ3) is 4.43. The van der Waals surface area contributed by atoms with Gasteiger partial charge in [-0.25, -0.2) is 4.98 Å². The zero-order valence-corrected chi connectivity index (χ0v) is 13.9. The van der Waals surface area contributed by atoms with E-state index >= 15 is 0 Å². The molecule has 0 aliphatic rings. The second-order valence-electron chi connectivity index (χ2n) is 6.72. The number of pyridine rings is 1. The highest BCUT2D eigenvalue weighted by atomic mass is 16.5. The van der Waals surface area contributed by atoms with Gasteiger partial charge in [-0.1, -0.05) is 26.8 Å². The van der Waals surface area contributed by atoms with E-state index in [1.165, 1.54) is 6.92 Å². The fourth-order valence-corrected chi connectivity index (χ4v) is 2.07. The lowest BCUT2D eigenvalue weighted by molar-refractivity contribution is -0.113. The summed E-state index contributed by atoms with van der Waals surface area (Å²) in [7, 11) is 0. The van der Waals surface area contributed by atoms with E-state index in [4.69, 9.17) is 10.00 Å². The number of nitrogens with zero attached hydrogens (tertiary/aromatic N) is 2. The van der Waals surface area contributed by atoms with Crippen LogP contribution in [0.2, 0.25) is 0 Å². The number of aromatic amines is 1.